The molecule has 0 spiro atoms. The fourth-order valence-electron chi connectivity index (χ4n) is 3.95. The number of pyridine rings is 1. The number of rotatable bonds is 10. The lowest BCUT2D eigenvalue weighted by Crippen LogP contribution is -2.26. The van der Waals surface area contributed by atoms with Gasteiger partial charge < -0.3 is 15.0 Å². The summed E-state index contributed by atoms with van der Waals surface area (Å²) in [6.07, 6.45) is 3.09. The third-order valence-corrected chi connectivity index (χ3v) is 5.76. The van der Waals surface area contributed by atoms with Crippen molar-refractivity contribution in [2.45, 2.75) is 39.5 Å². The van der Waals surface area contributed by atoms with E-state index in [0.717, 1.165) is 47.2 Å². The van der Waals surface area contributed by atoms with Crippen LogP contribution in [0.25, 0.3) is 11.0 Å². The smallest absolute Gasteiger partial charge is 0.242 e. The number of aryl methyl sites for hydroxylation is 3. The molecule has 2 heterocycles. The Hall–Kier alpha value is -3.09. The predicted molar refractivity (Wildman–Crippen MR) is 125 cm³/mol. The molecule has 0 aliphatic carbocycles. The van der Waals surface area contributed by atoms with Crippen LogP contribution in [0.5, 0.6) is 5.88 Å². The number of fused-ring (bicyclic) bond motifs is 1. The first kappa shape index (κ1) is 22.6. The number of para-hydroxylation sites is 1. The van der Waals surface area contributed by atoms with Gasteiger partial charge in [0.2, 0.25) is 11.8 Å². The molecule has 0 fully saturated rings. The summed E-state index contributed by atoms with van der Waals surface area (Å²) in [5, 5.41) is 8.36. The first-order chi connectivity index (χ1) is 14.9. The van der Waals surface area contributed by atoms with Crippen LogP contribution < -0.4 is 15.0 Å². The van der Waals surface area contributed by atoms with Crippen LogP contribution >= 0.6 is 0 Å². The van der Waals surface area contributed by atoms with Crippen molar-refractivity contribution in [3.05, 3.63) is 47.2 Å². The van der Waals surface area contributed by atoms with Crippen molar-refractivity contribution in [3.8, 4) is 5.88 Å². The average Bonchev–Trinajstić information content (AvgIpc) is 3.09. The summed E-state index contributed by atoms with van der Waals surface area (Å²) < 4.78 is 7.15. The number of anilines is 1. The molecule has 166 valence electrons. The number of hydrogen-bond acceptors (Lipinski definition) is 5. The van der Waals surface area contributed by atoms with Crippen molar-refractivity contribution >= 4 is 22.6 Å². The number of benzene rings is 1. The minimum atomic E-state index is 0.0773. The van der Waals surface area contributed by atoms with Gasteiger partial charge >= 0.3 is 0 Å². The maximum Gasteiger partial charge on any atom is 0.242 e. The zero-order valence-corrected chi connectivity index (χ0v) is 19.2. The lowest BCUT2D eigenvalue weighted by molar-refractivity contribution is -0.121. The summed E-state index contributed by atoms with van der Waals surface area (Å²) in [5.74, 6) is 0.655. The molecule has 1 aromatic carbocycles. The van der Waals surface area contributed by atoms with Crippen LogP contribution in [0.3, 0.4) is 0 Å². The van der Waals surface area contributed by atoms with Gasteiger partial charge in [0.1, 0.15) is 0 Å². The molecule has 1 amide bonds. The fraction of sp³-hybridized carbons (Fsp3) is 0.458. The second-order valence-corrected chi connectivity index (χ2v) is 7.95. The number of nitrogens with zero attached hydrogens (tertiary/aromatic N) is 4. The minimum Gasteiger partial charge on any atom is -0.479 e. The summed E-state index contributed by atoms with van der Waals surface area (Å²) in [4.78, 5) is 19.3. The van der Waals surface area contributed by atoms with Gasteiger partial charge in [-0.1, -0.05) is 18.2 Å². The Labute approximate surface area is 184 Å². The summed E-state index contributed by atoms with van der Waals surface area (Å²) >= 11 is 0. The van der Waals surface area contributed by atoms with Gasteiger partial charge in [0.15, 0.2) is 5.65 Å². The average molecular weight is 424 g/mol. The van der Waals surface area contributed by atoms with Crippen LogP contribution in [0, 0.1) is 13.8 Å². The van der Waals surface area contributed by atoms with E-state index in [0.29, 0.717) is 25.3 Å². The zero-order valence-electron chi connectivity index (χ0n) is 19.2. The molecule has 0 aliphatic heterocycles. The molecule has 7 nitrogen and oxygen atoms in total. The van der Waals surface area contributed by atoms with Crippen LogP contribution in [0.2, 0.25) is 0 Å². The maximum absolute atomic E-state index is 12.4. The maximum atomic E-state index is 12.4. The number of ether oxygens (including phenoxy) is 1. The second-order valence-electron chi connectivity index (χ2n) is 7.95. The van der Waals surface area contributed by atoms with E-state index in [4.69, 9.17) is 9.72 Å². The highest BCUT2D eigenvalue weighted by Crippen LogP contribution is 2.30. The molecule has 0 bridgehead atoms. The van der Waals surface area contributed by atoms with Gasteiger partial charge in [-0.2, -0.15) is 0 Å². The van der Waals surface area contributed by atoms with Crippen molar-refractivity contribution in [3.63, 3.8) is 0 Å². The van der Waals surface area contributed by atoms with Gasteiger partial charge in [0, 0.05) is 45.0 Å². The lowest BCUT2D eigenvalue weighted by atomic mass is 10.00. The number of carbonyl (C=O) groups excluding carboxylic acids is 1. The molecule has 3 aromatic rings. The van der Waals surface area contributed by atoms with E-state index in [2.05, 4.69) is 41.4 Å². The highest BCUT2D eigenvalue weighted by Gasteiger charge is 2.18. The summed E-state index contributed by atoms with van der Waals surface area (Å²) in [6.45, 7) is 5.71. The summed E-state index contributed by atoms with van der Waals surface area (Å²) in [7, 11) is 5.58. The molecule has 31 heavy (non-hydrogen) atoms. The number of hydrogen-bond donors (Lipinski definition) is 1. The summed E-state index contributed by atoms with van der Waals surface area (Å²) in [5.41, 5.74) is 5.14. The van der Waals surface area contributed by atoms with Crippen LogP contribution in [0.1, 0.15) is 36.1 Å². The van der Waals surface area contributed by atoms with Crippen LogP contribution in [0.15, 0.2) is 30.3 Å². The Bertz CT molecular complexity index is 1030. The van der Waals surface area contributed by atoms with Crippen molar-refractivity contribution < 1.29 is 9.53 Å². The quantitative estimate of drug-likeness (QED) is 0.505. The van der Waals surface area contributed by atoms with Gasteiger partial charge in [-0.15, -0.1) is 5.10 Å². The van der Waals surface area contributed by atoms with Crippen molar-refractivity contribution in [1.82, 2.24) is 20.1 Å². The normalized spacial score (nSPS) is 11.0. The van der Waals surface area contributed by atoms with Crippen LogP contribution in [-0.4, -0.2) is 47.9 Å². The van der Waals surface area contributed by atoms with Gasteiger partial charge in [-0.3, -0.25) is 4.79 Å². The molecular weight excluding hydrogens is 390 g/mol. The fourth-order valence-corrected chi connectivity index (χ4v) is 3.95. The van der Waals surface area contributed by atoms with Crippen LogP contribution in [0.4, 0.5) is 5.69 Å². The Balaban J connectivity index is 1.47. The van der Waals surface area contributed by atoms with E-state index in [1.807, 2.05) is 32.2 Å². The number of unbranched alkanes of at least 4 members (excludes halogenated alkanes) is 1. The van der Waals surface area contributed by atoms with Gasteiger partial charge in [-0.25, -0.2) is 9.67 Å². The number of amides is 1. The van der Waals surface area contributed by atoms with Gasteiger partial charge in [-0.05, 0) is 56.4 Å². The predicted octanol–water partition coefficient (Wildman–Crippen LogP) is 3.56. The van der Waals surface area contributed by atoms with Gasteiger partial charge in [0.05, 0.1) is 12.5 Å². The minimum absolute atomic E-state index is 0.0773. The van der Waals surface area contributed by atoms with Crippen molar-refractivity contribution in [2.75, 3.05) is 32.1 Å². The molecule has 2 aromatic heterocycles. The molecular formula is C24H33N5O2. The van der Waals surface area contributed by atoms with Crippen LogP contribution in [-0.2, 0) is 18.3 Å². The Morgan fingerprint density at radius 3 is 2.65 bits per heavy atom. The van der Waals surface area contributed by atoms with Gasteiger partial charge in [0.25, 0.3) is 0 Å². The third kappa shape index (κ3) is 5.34. The first-order valence-electron chi connectivity index (χ1n) is 10.8. The standard InChI is InChI=1S/C24H33N5O2/c1-17-20(18(2)26-23-22(17)24(31-5)27-29(23)4)13-14-21(30)25-15-9-10-16-28(3)19-11-7-6-8-12-19/h6-8,11-12H,9-10,13-16H2,1-5H3,(H,25,30). The second kappa shape index (κ2) is 10.3. The van der Waals surface area contributed by atoms with E-state index in [1.165, 1.54) is 5.69 Å². The molecule has 7 heteroatoms. The number of carbonyl (C=O) groups is 1. The Morgan fingerprint density at radius 1 is 1.19 bits per heavy atom. The molecule has 3 rings (SSSR count). The Kier molecular flexibility index (Phi) is 7.50. The molecule has 0 aliphatic rings. The van der Waals surface area contributed by atoms with E-state index in [1.54, 1.807) is 11.8 Å². The molecule has 0 radical (unpaired) electrons. The van der Waals surface area contributed by atoms with E-state index in [-0.39, 0.29) is 5.91 Å². The Morgan fingerprint density at radius 2 is 1.94 bits per heavy atom. The van der Waals surface area contributed by atoms with Crippen molar-refractivity contribution in [2.24, 2.45) is 7.05 Å². The SMILES string of the molecule is COc1nn(C)c2nc(C)c(CCC(=O)NCCCCN(C)c3ccccc3)c(C)c12. The highest BCUT2D eigenvalue weighted by atomic mass is 16.5. The number of nitrogens with one attached hydrogen (secondary N) is 1. The molecule has 0 saturated heterocycles. The third-order valence-electron chi connectivity index (χ3n) is 5.76. The lowest BCUT2D eigenvalue weighted by Gasteiger charge is -2.19. The highest BCUT2D eigenvalue weighted by molar-refractivity contribution is 5.86. The zero-order chi connectivity index (χ0) is 22.4. The first-order valence-corrected chi connectivity index (χ1v) is 10.8. The van der Waals surface area contributed by atoms with Crippen molar-refractivity contribution in [1.29, 1.82) is 0 Å². The number of methoxy groups -OCH3 is 1. The van der Waals surface area contributed by atoms with E-state index in [9.17, 15) is 4.79 Å². The monoisotopic (exact) mass is 423 g/mol. The number of aromatic nitrogens is 3. The molecule has 0 saturated carbocycles. The summed E-state index contributed by atoms with van der Waals surface area (Å²) in [6, 6.07) is 10.3. The topological polar surface area (TPSA) is 72.3 Å². The van der Waals surface area contributed by atoms with E-state index < -0.39 is 0 Å². The van der Waals surface area contributed by atoms with E-state index >= 15 is 0 Å². The molecule has 1 N–H and O–H groups in total. The largest absolute Gasteiger partial charge is 0.479 e. The molecule has 0 atom stereocenters. The molecule has 0 unspecified atom stereocenters.